The molecule has 14 heavy (non-hydrogen) atoms. The first-order valence-electron chi connectivity index (χ1n) is 3.87. The summed E-state index contributed by atoms with van der Waals surface area (Å²) in [4.78, 5) is 8.39. The van der Waals surface area contributed by atoms with Crippen LogP contribution in [0, 0.1) is 0 Å². The number of rotatable bonds is 1. The summed E-state index contributed by atoms with van der Waals surface area (Å²) >= 11 is 9.25. The highest BCUT2D eigenvalue weighted by Crippen LogP contribution is 2.28. The molecule has 0 saturated heterocycles. The van der Waals surface area contributed by atoms with Crippen LogP contribution in [0.4, 0.5) is 0 Å². The molecule has 0 radical (unpaired) electrons. The van der Waals surface area contributed by atoms with Crippen molar-refractivity contribution < 1.29 is 4.74 Å². The van der Waals surface area contributed by atoms with Crippen LogP contribution in [-0.4, -0.2) is 17.1 Å². The van der Waals surface area contributed by atoms with Gasteiger partial charge in [-0.05, 0) is 22.0 Å². The minimum atomic E-state index is 0.582. The van der Waals surface area contributed by atoms with Crippen LogP contribution in [0.3, 0.4) is 0 Å². The molecule has 2 heterocycles. The largest absolute Gasteiger partial charge is 0.494 e. The summed E-state index contributed by atoms with van der Waals surface area (Å²) in [5.41, 5.74) is 1.39. The molecule has 2 rings (SSSR count). The Kier molecular flexibility index (Phi) is 2.56. The highest BCUT2D eigenvalue weighted by molar-refractivity contribution is 9.10. The van der Waals surface area contributed by atoms with E-state index < -0.39 is 0 Å². The number of hydrogen-bond donors (Lipinski definition) is 0. The molecular weight excluding hydrogens is 267 g/mol. The third kappa shape index (κ3) is 1.55. The van der Waals surface area contributed by atoms with Gasteiger partial charge < -0.3 is 4.74 Å². The lowest BCUT2D eigenvalue weighted by atomic mass is 10.3. The smallest absolute Gasteiger partial charge is 0.153 e. The zero-order chi connectivity index (χ0) is 10.1. The van der Waals surface area contributed by atoms with Gasteiger partial charge in [0.1, 0.15) is 10.1 Å². The van der Waals surface area contributed by atoms with Crippen LogP contribution in [0.25, 0.3) is 11.0 Å². The number of halogens is 2. The number of nitrogens with zero attached hydrogens (tertiary/aromatic N) is 2. The zero-order valence-electron chi connectivity index (χ0n) is 7.29. The van der Waals surface area contributed by atoms with E-state index in [0.717, 1.165) is 5.52 Å². The average Bonchev–Trinajstić information content (AvgIpc) is 2.19. The molecule has 0 spiro atoms. The van der Waals surface area contributed by atoms with E-state index in [1.807, 2.05) is 0 Å². The third-order valence-electron chi connectivity index (χ3n) is 1.80. The molecule has 0 N–H and O–H groups in total. The van der Waals surface area contributed by atoms with Gasteiger partial charge >= 0.3 is 0 Å². The Labute approximate surface area is 94.2 Å². The predicted octanol–water partition coefficient (Wildman–Crippen LogP) is 3.05. The summed E-state index contributed by atoms with van der Waals surface area (Å²) in [6.07, 6.45) is 1.64. The molecule has 72 valence electrons. The summed E-state index contributed by atoms with van der Waals surface area (Å²) in [6, 6.07) is 3.49. The summed E-state index contributed by atoms with van der Waals surface area (Å²) in [6.45, 7) is 0. The average molecular weight is 274 g/mol. The Bertz CT molecular complexity index is 489. The van der Waals surface area contributed by atoms with Crippen molar-refractivity contribution in [2.24, 2.45) is 0 Å². The van der Waals surface area contributed by atoms with Crippen LogP contribution >= 0.6 is 27.5 Å². The fourth-order valence-electron chi connectivity index (χ4n) is 1.14. The van der Waals surface area contributed by atoms with Crippen molar-refractivity contribution in [1.82, 2.24) is 9.97 Å². The number of pyridine rings is 2. The maximum Gasteiger partial charge on any atom is 0.153 e. The number of ether oxygens (including phenoxy) is 1. The third-order valence-corrected chi connectivity index (χ3v) is 2.68. The summed E-state index contributed by atoms with van der Waals surface area (Å²) < 4.78 is 5.73. The molecule has 0 aromatic carbocycles. The summed E-state index contributed by atoms with van der Waals surface area (Å²) in [5.74, 6) is 0.646. The van der Waals surface area contributed by atoms with Crippen molar-refractivity contribution in [2.75, 3.05) is 7.11 Å². The lowest BCUT2D eigenvalue weighted by Crippen LogP contribution is -1.90. The van der Waals surface area contributed by atoms with Crippen molar-refractivity contribution >= 4 is 38.6 Å². The minimum Gasteiger partial charge on any atom is -0.494 e. The summed E-state index contributed by atoms with van der Waals surface area (Å²) in [5, 5.41) is 0.582. The molecule has 0 amide bonds. The van der Waals surface area contributed by atoms with Gasteiger partial charge in [-0.1, -0.05) is 11.6 Å². The number of fused-ring (bicyclic) bond motifs is 1. The van der Waals surface area contributed by atoms with E-state index in [1.54, 1.807) is 25.4 Å². The van der Waals surface area contributed by atoms with Crippen LogP contribution in [0.1, 0.15) is 0 Å². The maximum absolute atomic E-state index is 5.96. The molecule has 0 unspecified atom stereocenters. The van der Waals surface area contributed by atoms with Crippen molar-refractivity contribution in [1.29, 1.82) is 0 Å². The molecule has 2 aromatic heterocycles. The van der Waals surface area contributed by atoms with E-state index in [4.69, 9.17) is 16.3 Å². The van der Waals surface area contributed by atoms with Gasteiger partial charge in [0.15, 0.2) is 5.75 Å². The van der Waals surface area contributed by atoms with Crippen LogP contribution in [0.5, 0.6) is 5.75 Å². The Balaban J connectivity index is 2.79. The molecule has 5 heteroatoms. The molecule has 0 saturated carbocycles. The highest BCUT2D eigenvalue weighted by atomic mass is 79.9. The number of hydrogen-bond acceptors (Lipinski definition) is 3. The Morgan fingerprint density at radius 1 is 1.50 bits per heavy atom. The SMILES string of the molecule is COc1cc2nccc(Cl)c2nc1Br. The molecule has 3 nitrogen and oxygen atoms in total. The van der Waals surface area contributed by atoms with Gasteiger partial charge in [0, 0.05) is 12.3 Å². The summed E-state index contributed by atoms with van der Waals surface area (Å²) in [7, 11) is 1.58. The van der Waals surface area contributed by atoms with Gasteiger partial charge in [-0.2, -0.15) is 0 Å². The first kappa shape index (κ1) is 9.68. The van der Waals surface area contributed by atoms with Gasteiger partial charge in [-0.15, -0.1) is 0 Å². The molecular formula is C9H6BrClN2O. The lowest BCUT2D eigenvalue weighted by molar-refractivity contribution is 0.410. The highest BCUT2D eigenvalue weighted by Gasteiger charge is 2.07. The van der Waals surface area contributed by atoms with Crippen molar-refractivity contribution in [2.45, 2.75) is 0 Å². The van der Waals surface area contributed by atoms with E-state index in [9.17, 15) is 0 Å². The Morgan fingerprint density at radius 3 is 3.00 bits per heavy atom. The lowest BCUT2D eigenvalue weighted by Gasteiger charge is -2.04. The molecule has 0 fully saturated rings. The molecule has 0 aliphatic carbocycles. The molecule has 0 bridgehead atoms. The second-order valence-corrected chi connectivity index (χ2v) is 3.80. The minimum absolute atomic E-state index is 0.582. The fourth-order valence-corrected chi connectivity index (χ4v) is 1.79. The predicted molar refractivity (Wildman–Crippen MR) is 58.8 cm³/mol. The van der Waals surface area contributed by atoms with E-state index in [2.05, 4.69) is 25.9 Å². The molecule has 2 aromatic rings. The number of methoxy groups -OCH3 is 1. The normalized spacial score (nSPS) is 10.5. The second-order valence-electron chi connectivity index (χ2n) is 2.64. The topological polar surface area (TPSA) is 35.0 Å². The van der Waals surface area contributed by atoms with Crippen molar-refractivity contribution in [3.63, 3.8) is 0 Å². The van der Waals surface area contributed by atoms with Gasteiger partial charge in [0.2, 0.25) is 0 Å². The van der Waals surface area contributed by atoms with Gasteiger partial charge in [-0.3, -0.25) is 4.98 Å². The van der Waals surface area contributed by atoms with Crippen molar-refractivity contribution in [3.05, 3.63) is 28.0 Å². The Morgan fingerprint density at radius 2 is 2.29 bits per heavy atom. The maximum atomic E-state index is 5.96. The van der Waals surface area contributed by atoms with Crippen LogP contribution in [0.2, 0.25) is 5.02 Å². The molecule has 0 aliphatic rings. The van der Waals surface area contributed by atoms with E-state index >= 15 is 0 Å². The molecule has 0 aliphatic heterocycles. The first-order valence-corrected chi connectivity index (χ1v) is 5.04. The molecule has 0 atom stereocenters. The van der Waals surface area contributed by atoms with Gasteiger partial charge in [0.25, 0.3) is 0 Å². The van der Waals surface area contributed by atoms with E-state index in [1.165, 1.54) is 0 Å². The van der Waals surface area contributed by atoms with E-state index in [-0.39, 0.29) is 0 Å². The van der Waals surface area contributed by atoms with Crippen LogP contribution in [-0.2, 0) is 0 Å². The fraction of sp³-hybridized carbons (Fsp3) is 0.111. The van der Waals surface area contributed by atoms with Gasteiger partial charge in [-0.25, -0.2) is 4.98 Å². The zero-order valence-corrected chi connectivity index (χ0v) is 9.63. The Hall–Kier alpha value is -0.870. The monoisotopic (exact) mass is 272 g/mol. The quantitative estimate of drug-likeness (QED) is 0.749. The van der Waals surface area contributed by atoms with Crippen molar-refractivity contribution in [3.8, 4) is 5.75 Å². The standard InChI is InChI=1S/C9H6BrClN2O/c1-14-7-4-6-8(13-9(7)10)5(11)2-3-12-6/h2-4H,1H3. The van der Waals surface area contributed by atoms with Gasteiger partial charge in [0.05, 0.1) is 17.6 Å². The second kappa shape index (κ2) is 3.71. The van der Waals surface area contributed by atoms with E-state index in [0.29, 0.717) is 20.9 Å². The van der Waals surface area contributed by atoms with Crippen LogP contribution in [0.15, 0.2) is 22.9 Å². The first-order chi connectivity index (χ1) is 6.72. The number of aromatic nitrogens is 2. The van der Waals surface area contributed by atoms with Crippen LogP contribution < -0.4 is 4.74 Å².